The maximum atomic E-state index is 14.4. The lowest BCUT2D eigenvalue weighted by molar-refractivity contribution is -0.472. The molecule has 0 bridgehead atoms. The Labute approximate surface area is 263 Å². The van der Waals surface area contributed by atoms with Crippen molar-refractivity contribution in [1.29, 1.82) is 0 Å². The van der Waals surface area contributed by atoms with Crippen LogP contribution in [-0.4, -0.2) is 116 Å². The number of sulfonamides is 1. The summed E-state index contributed by atoms with van der Waals surface area (Å²) in [4.78, 5) is 22.2. The van der Waals surface area contributed by atoms with Crippen molar-refractivity contribution in [3.05, 3.63) is 12.7 Å². The molecule has 0 aromatic carbocycles. The van der Waals surface area contributed by atoms with E-state index >= 15 is 0 Å². The van der Waals surface area contributed by atoms with Crippen LogP contribution in [0, 0.1) is 0 Å². The van der Waals surface area contributed by atoms with Gasteiger partial charge in [0.15, 0.2) is 0 Å². The van der Waals surface area contributed by atoms with E-state index in [4.69, 9.17) is 0 Å². The fourth-order valence-electron chi connectivity index (χ4n) is 2.97. The Hall–Kier alpha value is -3.08. The van der Waals surface area contributed by atoms with E-state index in [9.17, 15) is 110 Å². The van der Waals surface area contributed by atoms with E-state index in [1.54, 1.807) is 5.32 Å². The molecule has 0 saturated carbocycles. The van der Waals surface area contributed by atoms with Gasteiger partial charge in [-0.1, -0.05) is 13.5 Å². The molecule has 0 saturated heterocycles. The monoisotopic (exact) mass is 812 g/mol. The van der Waals surface area contributed by atoms with Crippen LogP contribution in [0.3, 0.4) is 0 Å². The van der Waals surface area contributed by atoms with Gasteiger partial charge in [0.1, 0.15) is 13.2 Å². The number of carbonyl (C=O) groups is 2. The minimum absolute atomic E-state index is 0.375. The first kappa shape index (κ1) is 46.9. The second-order valence-corrected chi connectivity index (χ2v) is 11.0. The van der Waals surface area contributed by atoms with Gasteiger partial charge in [0.05, 0.1) is 6.54 Å². The Balaban J connectivity index is 6.63. The van der Waals surface area contributed by atoms with Gasteiger partial charge in [-0.05, 0) is 0 Å². The molecular weight excluding hydrogens is 795 g/mol. The van der Waals surface area contributed by atoms with Crippen molar-refractivity contribution in [1.82, 2.24) is 9.62 Å². The molecule has 0 atom stereocenters. The first-order chi connectivity index (χ1) is 21.8. The number of carbonyl (C=O) groups excluding carboxylic acids is 2. The van der Waals surface area contributed by atoms with Crippen molar-refractivity contribution in [2.75, 3.05) is 32.8 Å². The third-order valence-electron chi connectivity index (χ3n) is 5.85. The third kappa shape index (κ3) is 7.17. The highest BCUT2D eigenvalue weighted by Gasteiger charge is 2.98. The number of halogens is 21. The quantitative estimate of drug-likeness (QED) is 0.0752. The largest absolute Gasteiger partial charge is 0.461 e. The Morgan fingerprint density at radius 3 is 1.32 bits per heavy atom. The summed E-state index contributed by atoms with van der Waals surface area (Å²) in [6.45, 7) is -2.85. The smallest absolute Gasteiger partial charge is 0.460 e. The Bertz CT molecular complexity index is 1350. The summed E-state index contributed by atoms with van der Waals surface area (Å²) in [7, 11) is -7.72. The first-order valence-corrected chi connectivity index (χ1v) is 13.4. The molecule has 1 N–H and O–H groups in total. The van der Waals surface area contributed by atoms with Crippen LogP contribution in [0.2, 0.25) is 0 Å². The van der Waals surface area contributed by atoms with Crippen LogP contribution in [0.25, 0.3) is 0 Å². The van der Waals surface area contributed by atoms with Gasteiger partial charge in [0.25, 0.3) is 10.0 Å². The summed E-state index contributed by atoms with van der Waals surface area (Å²) in [5.74, 6) is -73.9. The van der Waals surface area contributed by atoms with Gasteiger partial charge in [-0.25, -0.2) is 18.0 Å². The molecule has 50 heavy (non-hydrogen) atoms. The molecule has 0 radical (unpaired) electrons. The standard InChI is InChI=1S/C20H17F21N2O6S/c1-3-9(44)48-7-5-42-10(45)49-8-6-43(4-2)50(46,47)20(40,41)18(35,36)16(31,32)14(27,28)12(23,24)11(21,22)13(25,26)15(29,30)17(33,34)19(37,38)39/h3H,1,4-8H2,2H3,(H,42,45). The maximum Gasteiger partial charge on any atom is 0.460 e. The number of ether oxygens (including phenoxy) is 2. The van der Waals surface area contributed by atoms with E-state index in [-0.39, 0.29) is 0 Å². The summed E-state index contributed by atoms with van der Waals surface area (Å²) in [5, 5.41) is -6.22. The highest BCUT2D eigenvalue weighted by atomic mass is 32.2. The van der Waals surface area contributed by atoms with Crippen LogP contribution in [0.5, 0.6) is 0 Å². The van der Waals surface area contributed by atoms with Crippen molar-refractivity contribution in [2.45, 2.75) is 65.7 Å². The molecule has 0 aliphatic carbocycles. The van der Waals surface area contributed by atoms with Crippen molar-refractivity contribution in [3.63, 3.8) is 0 Å². The molecule has 0 rings (SSSR count). The van der Waals surface area contributed by atoms with Crippen LogP contribution in [-0.2, 0) is 24.3 Å². The average Bonchev–Trinajstić information content (AvgIpc) is 2.95. The van der Waals surface area contributed by atoms with E-state index in [2.05, 4.69) is 16.1 Å². The molecule has 0 aliphatic heterocycles. The molecule has 296 valence electrons. The number of nitrogens with one attached hydrogen (secondary N) is 1. The van der Waals surface area contributed by atoms with Crippen LogP contribution >= 0.6 is 0 Å². The molecule has 0 unspecified atom stereocenters. The van der Waals surface area contributed by atoms with Crippen LogP contribution in [0.4, 0.5) is 97.0 Å². The molecule has 0 aromatic rings. The summed E-state index contributed by atoms with van der Waals surface area (Å²) in [6.07, 6.45) is -9.11. The predicted molar refractivity (Wildman–Crippen MR) is 117 cm³/mol. The molecule has 0 aromatic heterocycles. The number of alkyl carbamates (subject to hydrolysis) is 1. The van der Waals surface area contributed by atoms with Crippen LogP contribution in [0.1, 0.15) is 6.92 Å². The number of hydrogen-bond donors (Lipinski definition) is 1. The SMILES string of the molecule is C=CC(=O)OCCNC(=O)OCCN(CC)S(=O)(=O)C(F)(F)C(F)(F)C(F)(F)C(F)(F)C(F)(F)C(F)(F)C(F)(F)C(F)(F)C(F)(F)C(F)(F)F. The normalized spacial score (nSPS) is 15.2. The van der Waals surface area contributed by atoms with Crippen molar-refractivity contribution in [3.8, 4) is 0 Å². The number of rotatable bonds is 18. The van der Waals surface area contributed by atoms with Gasteiger partial charge < -0.3 is 14.8 Å². The zero-order valence-corrected chi connectivity index (χ0v) is 24.4. The number of likely N-dealkylation sites (N-methyl/N-ethyl adjacent to an activating group) is 1. The summed E-state index contributed by atoms with van der Waals surface area (Å²) in [5.41, 5.74) is 0. The first-order valence-electron chi connectivity index (χ1n) is 12.0. The maximum absolute atomic E-state index is 14.4. The van der Waals surface area contributed by atoms with Gasteiger partial charge in [-0.2, -0.15) is 96.5 Å². The lowest BCUT2D eigenvalue weighted by Gasteiger charge is -2.44. The highest BCUT2D eigenvalue weighted by Crippen LogP contribution is 2.66. The molecular formula is C20H17F21N2O6S. The van der Waals surface area contributed by atoms with E-state index in [0.29, 0.717) is 13.0 Å². The average molecular weight is 812 g/mol. The molecule has 1 amide bonds. The van der Waals surface area contributed by atoms with Crippen molar-refractivity contribution in [2.24, 2.45) is 0 Å². The topological polar surface area (TPSA) is 102 Å². The van der Waals surface area contributed by atoms with Crippen LogP contribution in [0.15, 0.2) is 12.7 Å². The number of esters is 1. The summed E-state index contributed by atoms with van der Waals surface area (Å²) in [6, 6.07) is 0. The number of hydrogen-bond acceptors (Lipinski definition) is 6. The second-order valence-electron chi connectivity index (χ2n) is 9.04. The summed E-state index contributed by atoms with van der Waals surface area (Å²) < 4.78 is 316. The third-order valence-corrected chi connectivity index (χ3v) is 7.88. The van der Waals surface area contributed by atoms with Crippen molar-refractivity contribution >= 4 is 22.1 Å². The predicted octanol–water partition coefficient (Wildman–Crippen LogP) is 6.33. The zero-order valence-electron chi connectivity index (χ0n) is 23.6. The van der Waals surface area contributed by atoms with Gasteiger partial charge in [0.2, 0.25) is 0 Å². The fraction of sp³-hybridized carbons (Fsp3) is 0.800. The van der Waals surface area contributed by atoms with Gasteiger partial charge >= 0.3 is 70.9 Å². The minimum Gasteiger partial charge on any atom is -0.461 e. The number of amides is 1. The highest BCUT2D eigenvalue weighted by molar-refractivity contribution is 7.90. The zero-order chi connectivity index (χ0) is 40.6. The van der Waals surface area contributed by atoms with E-state index in [0.717, 1.165) is 0 Å². The molecule has 0 spiro atoms. The lowest BCUT2D eigenvalue weighted by atomic mass is 9.87. The van der Waals surface area contributed by atoms with Gasteiger partial charge in [0, 0.05) is 19.2 Å². The Kier molecular flexibility index (Phi) is 13.3. The molecule has 30 heteroatoms. The van der Waals surface area contributed by atoms with Gasteiger partial charge in [-0.3, -0.25) is 0 Å². The molecule has 0 fully saturated rings. The molecule has 8 nitrogen and oxygen atoms in total. The van der Waals surface area contributed by atoms with E-state index in [1.807, 2.05) is 0 Å². The lowest BCUT2D eigenvalue weighted by Crippen LogP contribution is -2.77. The second kappa shape index (κ2) is 14.2. The Morgan fingerprint density at radius 1 is 0.620 bits per heavy atom. The Morgan fingerprint density at radius 2 is 0.980 bits per heavy atom. The van der Waals surface area contributed by atoms with Crippen LogP contribution < -0.4 is 5.32 Å². The summed E-state index contributed by atoms with van der Waals surface area (Å²) >= 11 is 0. The number of alkyl halides is 21. The molecule has 0 aliphatic rings. The van der Waals surface area contributed by atoms with Crippen molar-refractivity contribution < 1.29 is 120 Å². The minimum atomic E-state index is -9.43. The fourth-order valence-corrected chi connectivity index (χ4v) is 4.40. The van der Waals surface area contributed by atoms with Gasteiger partial charge in [-0.15, -0.1) is 0 Å². The number of nitrogens with zero attached hydrogens (tertiary/aromatic N) is 1. The molecule has 0 heterocycles. The van der Waals surface area contributed by atoms with E-state index in [1.165, 1.54) is 0 Å². The van der Waals surface area contributed by atoms with E-state index < -0.39 is 118 Å².